The van der Waals surface area contributed by atoms with E-state index in [2.05, 4.69) is 15.4 Å². The molecule has 9 heteroatoms. The lowest BCUT2D eigenvalue weighted by Crippen LogP contribution is -2.44. The van der Waals surface area contributed by atoms with E-state index >= 15 is 0 Å². The zero-order valence-electron chi connectivity index (χ0n) is 16.2. The van der Waals surface area contributed by atoms with Crippen molar-refractivity contribution >= 4 is 38.9 Å². The molecule has 1 aromatic heterocycles. The Kier molecular flexibility index (Phi) is 6.86. The molecule has 30 heavy (non-hydrogen) atoms. The highest BCUT2D eigenvalue weighted by Gasteiger charge is 2.18. The van der Waals surface area contributed by atoms with Crippen molar-refractivity contribution in [3.8, 4) is 0 Å². The number of anilines is 1. The topological polar surface area (TPSA) is 104 Å². The van der Waals surface area contributed by atoms with E-state index in [9.17, 15) is 18.0 Å². The smallest absolute Gasteiger partial charge is 0.271 e. The molecule has 3 aromatic rings. The molecule has 0 fully saturated rings. The first-order valence-electron chi connectivity index (χ1n) is 9.14. The largest absolute Gasteiger partial charge is 0.350 e. The molecule has 0 aliphatic heterocycles. The van der Waals surface area contributed by atoms with E-state index in [1.165, 1.54) is 12.1 Å². The molecule has 3 rings (SSSR count). The number of carbonyl (C=O) groups is 2. The number of thiophene rings is 1. The lowest BCUT2D eigenvalue weighted by molar-refractivity contribution is -0.122. The van der Waals surface area contributed by atoms with Crippen LogP contribution >= 0.6 is 11.3 Å². The Hall–Kier alpha value is -3.17. The zero-order chi connectivity index (χ0) is 21.6. The average Bonchev–Trinajstić information content (AvgIpc) is 3.28. The molecule has 1 unspecified atom stereocenters. The summed E-state index contributed by atoms with van der Waals surface area (Å²) in [6, 6.07) is 17.9. The highest BCUT2D eigenvalue weighted by molar-refractivity contribution is 7.94. The van der Waals surface area contributed by atoms with Crippen LogP contribution in [0.1, 0.15) is 22.8 Å². The zero-order valence-corrected chi connectivity index (χ0v) is 17.8. The van der Waals surface area contributed by atoms with Gasteiger partial charge in [-0.3, -0.25) is 14.3 Å². The van der Waals surface area contributed by atoms with Gasteiger partial charge in [0.05, 0.1) is 0 Å². The molecular weight excluding hydrogens is 422 g/mol. The van der Waals surface area contributed by atoms with Gasteiger partial charge in [-0.1, -0.05) is 42.5 Å². The van der Waals surface area contributed by atoms with Crippen LogP contribution in [0.5, 0.6) is 0 Å². The van der Waals surface area contributed by atoms with Crippen LogP contribution in [-0.2, 0) is 21.4 Å². The fraction of sp³-hybridized carbons (Fsp3) is 0.143. The third kappa shape index (κ3) is 5.68. The van der Waals surface area contributed by atoms with Gasteiger partial charge < -0.3 is 10.6 Å². The van der Waals surface area contributed by atoms with Gasteiger partial charge in [0, 0.05) is 17.8 Å². The van der Waals surface area contributed by atoms with Gasteiger partial charge in [-0.05, 0) is 42.1 Å². The van der Waals surface area contributed by atoms with Crippen LogP contribution in [0.2, 0.25) is 0 Å². The van der Waals surface area contributed by atoms with Gasteiger partial charge in [-0.2, -0.15) is 0 Å². The van der Waals surface area contributed by atoms with Crippen molar-refractivity contribution in [3.05, 3.63) is 83.2 Å². The Labute approximate surface area is 179 Å². The minimum Gasteiger partial charge on any atom is -0.350 e. The van der Waals surface area contributed by atoms with E-state index in [1.54, 1.807) is 36.6 Å². The maximum absolute atomic E-state index is 12.5. The third-order valence-corrected chi connectivity index (χ3v) is 6.97. The Morgan fingerprint density at radius 1 is 1.00 bits per heavy atom. The Morgan fingerprint density at radius 2 is 1.77 bits per heavy atom. The molecule has 156 valence electrons. The van der Waals surface area contributed by atoms with E-state index < -0.39 is 22.0 Å². The monoisotopic (exact) mass is 443 g/mol. The van der Waals surface area contributed by atoms with E-state index in [1.807, 2.05) is 30.3 Å². The van der Waals surface area contributed by atoms with Crippen LogP contribution in [0.4, 0.5) is 5.69 Å². The Morgan fingerprint density at radius 3 is 2.47 bits per heavy atom. The van der Waals surface area contributed by atoms with Gasteiger partial charge >= 0.3 is 0 Å². The number of sulfonamides is 1. The van der Waals surface area contributed by atoms with Crippen LogP contribution < -0.4 is 15.4 Å². The molecule has 7 nitrogen and oxygen atoms in total. The van der Waals surface area contributed by atoms with Crippen LogP contribution in [0.3, 0.4) is 0 Å². The molecule has 0 saturated carbocycles. The highest BCUT2D eigenvalue weighted by atomic mass is 32.2. The molecule has 2 aromatic carbocycles. The summed E-state index contributed by atoms with van der Waals surface area (Å²) in [6.07, 6.45) is 0. The van der Waals surface area contributed by atoms with E-state index in [-0.39, 0.29) is 21.4 Å². The highest BCUT2D eigenvalue weighted by Crippen LogP contribution is 2.20. The van der Waals surface area contributed by atoms with E-state index in [0.29, 0.717) is 6.54 Å². The van der Waals surface area contributed by atoms with Crippen molar-refractivity contribution in [1.82, 2.24) is 10.6 Å². The first-order valence-corrected chi connectivity index (χ1v) is 11.5. The fourth-order valence-electron chi connectivity index (χ4n) is 2.63. The van der Waals surface area contributed by atoms with Crippen molar-refractivity contribution in [3.63, 3.8) is 0 Å². The van der Waals surface area contributed by atoms with Crippen molar-refractivity contribution in [2.75, 3.05) is 4.72 Å². The normalized spacial score (nSPS) is 12.0. The van der Waals surface area contributed by atoms with Crippen LogP contribution in [0, 0.1) is 0 Å². The molecule has 1 atom stereocenters. The predicted octanol–water partition coefficient (Wildman–Crippen LogP) is 2.98. The van der Waals surface area contributed by atoms with Gasteiger partial charge in [0.1, 0.15) is 10.3 Å². The second-order valence-corrected chi connectivity index (χ2v) is 9.37. The van der Waals surface area contributed by atoms with Crippen molar-refractivity contribution in [1.29, 1.82) is 0 Å². The number of benzene rings is 2. The molecule has 2 amide bonds. The first kappa shape index (κ1) is 21.5. The molecule has 0 bridgehead atoms. The summed E-state index contributed by atoms with van der Waals surface area (Å²) in [5.41, 5.74) is 1.46. The molecule has 0 aliphatic rings. The number of amides is 2. The maximum Gasteiger partial charge on any atom is 0.271 e. The van der Waals surface area contributed by atoms with Crippen LogP contribution in [-0.4, -0.2) is 26.3 Å². The summed E-state index contributed by atoms with van der Waals surface area (Å²) >= 11 is 1.10. The molecule has 0 spiro atoms. The molecule has 1 heterocycles. The first-order chi connectivity index (χ1) is 14.3. The van der Waals surface area contributed by atoms with Gasteiger partial charge in [-0.15, -0.1) is 11.3 Å². The predicted molar refractivity (Wildman–Crippen MR) is 117 cm³/mol. The Bertz CT molecular complexity index is 1110. The summed E-state index contributed by atoms with van der Waals surface area (Å²) in [4.78, 5) is 24.8. The van der Waals surface area contributed by atoms with Crippen LogP contribution in [0.15, 0.2) is 76.3 Å². The van der Waals surface area contributed by atoms with Crippen molar-refractivity contribution in [2.24, 2.45) is 0 Å². The van der Waals surface area contributed by atoms with E-state index in [4.69, 9.17) is 0 Å². The molecule has 0 aliphatic carbocycles. The lowest BCUT2D eigenvalue weighted by atomic mass is 10.1. The van der Waals surface area contributed by atoms with Gasteiger partial charge in [0.2, 0.25) is 5.91 Å². The van der Waals surface area contributed by atoms with Gasteiger partial charge in [-0.25, -0.2) is 8.42 Å². The van der Waals surface area contributed by atoms with Crippen LogP contribution in [0.25, 0.3) is 0 Å². The standard InChI is InChI=1S/C21H21N3O4S2/c1-15(20(25)22-14-16-7-3-2-4-8-16)23-21(26)17-9-5-10-18(13-17)24-30(27,28)19-11-6-12-29-19/h2-13,15,24H,14H2,1H3,(H,22,25)(H,23,26). The summed E-state index contributed by atoms with van der Waals surface area (Å²) in [5, 5.41) is 7.06. The summed E-state index contributed by atoms with van der Waals surface area (Å²) in [7, 11) is -3.71. The summed E-state index contributed by atoms with van der Waals surface area (Å²) in [5.74, 6) is -0.795. The third-order valence-electron chi connectivity index (χ3n) is 4.19. The number of hydrogen-bond donors (Lipinski definition) is 3. The summed E-state index contributed by atoms with van der Waals surface area (Å²) < 4.78 is 27.3. The number of nitrogens with one attached hydrogen (secondary N) is 3. The molecule has 0 saturated heterocycles. The number of rotatable bonds is 8. The van der Waals surface area contributed by atoms with Crippen molar-refractivity contribution in [2.45, 2.75) is 23.7 Å². The maximum atomic E-state index is 12.5. The minimum absolute atomic E-state index is 0.182. The van der Waals surface area contributed by atoms with Gasteiger partial charge in [0.25, 0.3) is 15.9 Å². The molecule has 3 N–H and O–H groups in total. The molecular formula is C21H21N3O4S2. The fourth-order valence-corrected chi connectivity index (χ4v) is 4.67. The lowest BCUT2D eigenvalue weighted by Gasteiger charge is -2.15. The SMILES string of the molecule is CC(NC(=O)c1cccc(NS(=O)(=O)c2cccs2)c1)C(=O)NCc1ccccc1. The quantitative estimate of drug-likeness (QED) is 0.498. The minimum atomic E-state index is -3.71. The average molecular weight is 444 g/mol. The van der Waals surface area contributed by atoms with Crippen molar-refractivity contribution < 1.29 is 18.0 Å². The molecule has 0 radical (unpaired) electrons. The summed E-state index contributed by atoms with van der Waals surface area (Å²) in [6.45, 7) is 1.95. The second-order valence-electron chi connectivity index (χ2n) is 6.52. The Balaban J connectivity index is 1.60. The number of hydrogen-bond acceptors (Lipinski definition) is 5. The van der Waals surface area contributed by atoms with E-state index in [0.717, 1.165) is 16.9 Å². The second kappa shape index (κ2) is 9.55. The number of carbonyl (C=O) groups excluding carboxylic acids is 2. The van der Waals surface area contributed by atoms with Gasteiger partial charge in [0.15, 0.2) is 0 Å².